The first kappa shape index (κ1) is 18.0. The second-order valence-electron chi connectivity index (χ2n) is 7.13. The quantitative estimate of drug-likeness (QED) is 0.586. The van der Waals surface area contributed by atoms with Gasteiger partial charge in [0.2, 0.25) is 5.88 Å². The fraction of sp³-hybridized carbons (Fsp3) is 0.684. The molecule has 0 radical (unpaired) electrons. The van der Waals surface area contributed by atoms with E-state index in [-0.39, 0.29) is 0 Å². The molecule has 2 fully saturated rings. The summed E-state index contributed by atoms with van der Waals surface area (Å²) in [5, 5.41) is 6.96. The number of aliphatic imine (C=N–C) groups is 1. The zero-order valence-corrected chi connectivity index (χ0v) is 15.7. The predicted octanol–water partition coefficient (Wildman–Crippen LogP) is 2.16. The molecule has 2 heterocycles. The lowest BCUT2D eigenvalue weighted by atomic mass is 10.2. The lowest BCUT2D eigenvalue weighted by Crippen LogP contribution is -2.44. The minimum absolute atomic E-state index is 0.477. The molecule has 25 heavy (non-hydrogen) atoms. The molecular formula is C19H31N5O. The van der Waals surface area contributed by atoms with Crippen LogP contribution in [0.5, 0.6) is 5.88 Å². The zero-order valence-electron chi connectivity index (χ0n) is 15.7. The van der Waals surface area contributed by atoms with Crippen molar-refractivity contribution in [3.05, 3.63) is 23.9 Å². The van der Waals surface area contributed by atoms with Crippen LogP contribution in [-0.4, -0.2) is 54.2 Å². The summed E-state index contributed by atoms with van der Waals surface area (Å²) in [5.41, 5.74) is 1.12. The molecule has 0 aromatic carbocycles. The maximum Gasteiger partial charge on any atom is 0.213 e. The van der Waals surface area contributed by atoms with Gasteiger partial charge in [0.25, 0.3) is 0 Å². The van der Waals surface area contributed by atoms with Crippen molar-refractivity contribution in [1.29, 1.82) is 0 Å². The lowest BCUT2D eigenvalue weighted by molar-refractivity contribution is 0.256. The number of likely N-dealkylation sites (tertiary alicyclic amines) is 1. The van der Waals surface area contributed by atoms with Gasteiger partial charge in [0.15, 0.2) is 5.96 Å². The largest absolute Gasteiger partial charge is 0.478 e. The first-order chi connectivity index (χ1) is 12.2. The number of ether oxygens (including phenoxy) is 1. The monoisotopic (exact) mass is 345 g/mol. The predicted molar refractivity (Wildman–Crippen MR) is 101 cm³/mol. The molecule has 2 unspecified atom stereocenters. The van der Waals surface area contributed by atoms with Crippen molar-refractivity contribution in [3.63, 3.8) is 0 Å². The van der Waals surface area contributed by atoms with Crippen molar-refractivity contribution >= 4 is 5.96 Å². The zero-order chi connectivity index (χ0) is 17.6. The van der Waals surface area contributed by atoms with Crippen molar-refractivity contribution in [2.45, 2.75) is 64.2 Å². The van der Waals surface area contributed by atoms with Crippen molar-refractivity contribution in [2.24, 2.45) is 4.99 Å². The number of hydrogen-bond acceptors (Lipinski definition) is 4. The average Bonchev–Trinajstić information content (AvgIpc) is 3.41. The molecule has 6 heteroatoms. The number of rotatable bonds is 7. The van der Waals surface area contributed by atoms with Crippen LogP contribution in [0.15, 0.2) is 23.3 Å². The van der Waals surface area contributed by atoms with Crippen LogP contribution in [0, 0.1) is 0 Å². The fourth-order valence-electron chi connectivity index (χ4n) is 3.46. The molecule has 0 bridgehead atoms. The van der Waals surface area contributed by atoms with Gasteiger partial charge in [-0.2, -0.15) is 0 Å². The van der Waals surface area contributed by atoms with Crippen molar-refractivity contribution in [3.8, 4) is 5.88 Å². The van der Waals surface area contributed by atoms with E-state index in [2.05, 4.69) is 39.4 Å². The Balaban J connectivity index is 1.44. The van der Waals surface area contributed by atoms with Crippen LogP contribution in [0.1, 0.15) is 45.1 Å². The molecular weight excluding hydrogens is 314 g/mol. The molecule has 1 saturated carbocycles. The van der Waals surface area contributed by atoms with E-state index in [1.807, 2.05) is 25.4 Å². The Morgan fingerprint density at radius 2 is 2.24 bits per heavy atom. The molecule has 1 saturated heterocycles. The first-order valence-corrected chi connectivity index (χ1v) is 9.50. The number of guanidine groups is 1. The van der Waals surface area contributed by atoms with Gasteiger partial charge in [0, 0.05) is 50.5 Å². The second-order valence-corrected chi connectivity index (χ2v) is 7.13. The van der Waals surface area contributed by atoms with Gasteiger partial charge in [0.1, 0.15) is 0 Å². The molecule has 1 aliphatic carbocycles. The van der Waals surface area contributed by atoms with Gasteiger partial charge in [-0.3, -0.25) is 9.89 Å². The summed E-state index contributed by atoms with van der Waals surface area (Å²) < 4.78 is 5.52. The van der Waals surface area contributed by atoms with Gasteiger partial charge in [-0.05, 0) is 38.2 Å². The van der Waals surface area contributed by atoms with Crippen LogP contribution in [-0.2, 0) is 6.54 Å². The van der Waals surface area contributed by atoms with Crippen molar-refractivity contribution in [1.82, 2.24) is 20.5 Å². The van der Waals surface area contributed by atoms with Crippen molar-refractivity contribution < 1.29 is 4.74 Å². The minimum Gasteiger partial charge on any atom is -0.478 e. The van der Waals surface area contributed by atoms with E-state index < -0.39 is 0 Å². The van der Waals surface area contributed by atoms with Crippen LogP contribution < -0.4 is 15.4 Å². The van der Waals surface area contributed by atoms with Gasteiger partial charge in [0.05, 0.1) is 6.61 Å². The molecule has 2 atom stereocenters. The molecule has 6 nitrogen and oxygen atoms in total. The Morgan fingerprint density at radius 1 is 1.40 bits per heavy atom. The Bertz CT molecular complexity index is 570. The molecule has 138 valence electrons. The van der Waals surface area contributed by atoms with Gasteiger partial charge in [-0.25, -0.2) is 4.98 Å². The highest BCUT2D eigenvalue weighted by molar-refractivity contribution is 5.80. The normalized spacial score (nSPS) is 24.4. The van der Waals surface area contributed by atoms with Crippen LogP contribution in [0.25, 0.3) is 0 Å². The summed E-state index contributed by atoms with van der Waals surface area (Å²) >= 11 is 0. The average molecular weight is 345 g/mol. The molecule has 1 aromatic rings. The van der Waals surface area contributed by atoms with Gasteiger partial charge < -0.3 is 15.4 Å². The molecule has 1 aliphatic heterocycles. The maximum absolute atomic E-state index is 5.52. The topological polar surface area (TPSA) is 61.8 Å². The van der Waals surface area contributed by atoms with E-state index in [9.17, 15) is 0 Å². The molecule has 2 aliphatic rings. The minimum atomic E-state index is 0.477. The molecule has 2 N–H and O–H groups in total. The SMILES string of the molecule is CCCOc1ccc(CNC(=NC)NC2CC(C)N(C3CC3)C2)cn1. The van der Waals surface area contributed by atoms with Crippen LogP contribution in [0.4, 0.5) is 0 Å². The number of hydrogen-bond donors (Lipinski definition) is 2. The number of pyridine rings is 1. The summed E-state index contributed by atoms with van der Waals surface area (Å²) in [4.78, 5) is 11.3. The van der Waals surface area contributed by atoms with Gasteiger partial charge >= 0.3 is 0 Å². The summed E-state index contributed by atoms with van der Waals surface area (Å²) in [7, 11) is 1.83. The highest BCUT2D eigenvalue weighted by Crippen LogP contribution is 2.33. The third-order valence-corrected chi connectivity index (χ3v) is 4.91. The third kappa shape index (κ3) is 5.08. The van der Waals surface area contributed by atoms with E-state index in [1.54, 1.807) is 0 Å². The smallest absolute Gasteiger partial charge is 0.213 e. The Labute approximate surface area is 151 Å². The van der Waals surface area contributed by atoms with Gasteiger partial charge in [-0.15, -0.1) is 0 Å². The van der Waals surface area contributed by atoms with Crippen molar-refractivity contribution in [2.75, 3.05) is 20.2 Å². The van der Waals surface area contributed by atoms with E-state index in [0.29, 0.717) is 31.1 Å². The molecule has 0 amide bonds. The van der Waals surface area contributed by atoms with E-state index in [1.165, 1.54) is 19.3 Å². The van der Waals surface area contributed by atoms with Crippen LogP contribution in [0.3, 0.4) is 0 Å². The van der Waals surface area contributed by atoms with E-state index in [4.69, 9.17) is 4.74 Å². The molecule has 3 rings (SSSR count). The second kappa shape index (κ2) is 8.52. The van der Waals surface area contributed by atoms with E-state index in [0.717, 1.165) is 30.5 Å². The summed E-state index contributed by atoms with van der Waals surface area (Å²) in [6.45, 7) is 6.96. The fourth-order valence-corrected chi connectivity index (χ4v) is 3.46. The Morgan fingerprint density at radius 3 is 2.88 bits per heavy atom. The highest BCUT2D eigenvalue weighted by Gasteiger charge is 2.38. The summed E-state index contributed by atoms with van der Waals surface area (Å²) in [6, 6.07) is 5.95. The number of nitrogens with one attached hydrogen (secondary N) is 2. The molecule has 1 aromatic heterocycles. The first-order valence-electron chi connectivity index (χ1n) is 9.50. The lowest BCUT2D eigenvalue weighted by Gasteiger charge is -2.20. The summed E-state index contributed by atoms with van der Waals surface area (Å²) in [5.74, 6) is 1.55. The molecule has 0 spiro atoms. The standard InChI is InChI=1S/C19H31N5O/c1-4-9-25-18-8-5-15(11-21-18)12-22-19(20-3)23-16-10-14(2)24(13-16)17-6-7-17/h5,8,11,14,16-17H,4,6-7,9-10,12-13H2,1-3H3,(H2,20,22,23). The van der Waals surface area contributed by atoms with Crippen LogP contribution in [0.2, 0.25) is 0 Å². The third-order valence-electron chi connectivity index (χ3n) is 4.91. The summed E-state index contributed by atoms with van der Waals surface area (Å²) in [6.07, 6.45) is 6.77. The number of aromatic nitrogens is 1. The highest BCUT2D eigenvalue weighted by atomic mass is 16.5. The number of nitrogens with zero attached hydrogens (tertiary/aromatic N) is 3. The Kier molecular flexibility index (Phi) is 6.13. The Hall–Kier alpha value is -1.82. The van der Waals surface area contributed by atoms with Crippen LogP contribution >= 0.6 is 0 Å². The van der Waals surface area contributed by atoms with Gasteiger partial charge in [-0.1, -0.05) is 13.0 Å². The maximum atomic E-state index is 5.52. The van der Waals surface area contributed by atoms with E-state index >= 15 is 0 Å².